The van der Waals surface area contributed by atoms with Gasteiger partial charge in [-0.25, -0.2) is 13.1 Å². The predicted octanol–water partition coefficient (Wildman–Crippen LogP) is -0.0894. The van der Waals surface area contributed by atoms with Crippen LogP contribution in [0.2, 0.25) is 0 Å². The van der Waals surface area contributed by atoms with Crippen molar-refractivity contribution in [1.82, 2.24) is 4.72 Å². The lowest BCUT2D eigenvalue weighted by Crippen LogP contribution is -2.38. The molecule has 0 aromatic heterocycles. The Hall–Kier alpha value is -0.130. The summed E-state index contributed by atoms with van der Waals surface area (Å²) in [5, 5.41) is 0. The molecule has 12 heavy (non-hydrogen) atoms. The maximum atomic E-state index is 11.0. The first-order chi connectivity index (χ1) is 5.33. The second-order valence-corrected chi connectivity index (χ2v) is 5.69. The Morgan fingerprint density at radius 1 is 1.42 bits per heavy atom. The van der Waals surface area contributed by atoms with Crippen molar-refractivity contribution in [2.45, 2.75) is 20.8 Å². The lowest BCUT2D eigenvalue weighted by Gasteiger charge is -2.22. The fourth-order valence-electron chi connectivity index (χ4n) is 0.480. The number of rotatable bonds is 5. The third-order valence-corrected chi connectivity index (χ3v) is 3.05. The zero-order valence-electron chi connectivity index (χ0n) is 7.92. The second kappa shape index (κ2) is 4.20. The van der Waals surface area contributed by atoms with E-state index in [1.165, 1.54) is 0 Å². The first kappa shape index (κ1) is 11.9. The molecule has 74 valence electrons. The minimum Gasteiger partial charge on any atom is -0.330 e. The Morgan fingerprint density at radius 3 is 2.25 bits per heavy atom. The van der Waals surface area contributed by atoms with Crippen LogP contribution in [-0.2, 0) is 10.0 Å². The number of hydrogen-bond acceptors (Lipinski definition) is 3. The minimum atomic E-state index is -3.07. The molecule has 0 amide bonds. The molecule has 3 N–H and O–H groups in total. The van der Waals surface area contributed by atoms with Gasteiger partial charge < -0.3 is 5.73 Å². The summed E-state index contributed by atoms with van der Waals surface area (Å²) in [6, 6.07) is 0. The summed E-state index contributed by atoms with van der Waals surface area (Å²) in [4.78, 5) is 0. The van der Waals surface area contributed by atoms with Gasteiger partial charge in [-0.3, -0.25) is 0 Å². The number of nitrogens with two attached hydrogens (primary N) is 1. The zero-order valence-corrected chi connectivity index (χ0v) is 8.74. The van der Waals surface area contributed by atoms with Gasteiger partial charge in [0.1, 0.15) is 0 Å². The van der Waals surface area contributed by atoms with Crippen LogP contribution in [0.4, 0.5) is 0 Å². The van der Waals surface area contributed by atoms with E-state index in [4.69, 9.17) is 5.73 Å². The molecule has 0 aliphatic rings. The standard InChI is InChI=1S/C7H18N2O2S/c1-4-12(10,11)9-6-7(2,3)5-8/h9H,4-6,8H2,1-3H3. The molecular formula is C7H18N2O2S. The van der Waals surface area contributed by atoms with Gasteiger partial charge in [0.25, 0.3) is 0 Å². The molecule has 0 aliphatic heterocycles. The predicted molar refractivity (Wildman–Crippen MR) is 50.3 cm³/mol. The molecular weight excluding hydrogens is 176 g/mol. The van der Waals surface area contributed by atoms with Crippen molar-refractivity contribution in [3.63, 3.8) is 0 Å². The van der Waals surface area contributed by atoms with Gasteiger partial charge in [0.15, 0.2) is 0 Å². The van der Waals surface area contributed by atoms with Crippen molar-refractivity contribution >= 4 is 10.0 Å². The van der Waals surface area contributed by atoms with Crippen LogP contribution in [0.25, 0.3) is 0 Å². The third kappa shape index (κ3) is 4.69. The van der Waals surface area contributed by atoms with E-state index in [1.807, 2.05) is 13.8 Å². The highest BCUT2D eigenvalue weighted by molar-refractivity contribution is 7.89. The first-order valence-electron chi connectivity index (χ1n) is 4.00. The van der Waals surface area contributed by atoms with Crippen LogP contribution in [-0.4, -0.2) is 27.3 Å². The topological polar surface area (TPSA) is 72.2 Å². The molecule has 0 radical (unpaired) electrons. The molecule has 0 saturated heterocycles. The van der Waals surface area contributed by atoms with E-state index < -0.39 is 10.0 Å². The van der Waals surface area contributed by atoms with Gasteiger partial charge in [0.2, 0.25) is 10.0 Å². The van der Waals surface area contributed by atoms with E-state index in [-0.39, 0.29) is 11.2 Å². The van der Waals surface area contributed by atoms with Crippen LogP contribution < -0.4 is 10.5 Å². The van der Waals surface area contributed by atoms with Gasteiger partial charge in [-0.2, -0.15) is 0 Å². The van der Waals surface area contributed by atoms with Gasteiger partial charge in [-0.05, 0) is 18.9 Å². The van der Waals surface area contributed by atoms with Crippen molar-refractivity contribution in [3.8, 4) is 0 Å². The van der Waals surface area contributed by atoms with Crippen LogP contribution in [0.3, 0.4) is 0 Å². The Labute approximate surface area is 74.6 Å². The molecule has 0 heterocycles. The smallest absolute Gasteiger partial charge is 0.211 e. The Bertz CT molecular complexity index is 222. The van der Waals surface area contributed by atoms with E-state index >= 15 is 0 Å². The van der Waals surface area contributed by atoms with Crippen molar-refractivity contribution in [1.29, 1.82) is 0 Å². The van der Waals surface area contributed by atoms with Gasteiger partial charge in [-0.15, -0.1) is 0 Å². The van der Waals surface area contributed by atoms with Crippen LogP contribution in [0.1, 0.15) is 20.8 Å². The summed E-state index contributed by atoms with van der Waals surface area (Å²) < 4.78 is 24.5. The van der Waals surface area contributed by atoms with Gasteiger partial charge in [0.05, 0.1) is 5.75 Å². The molecule has 0 rings (SSSR count). The van der Waals surface area contributed by atoms with Crippen molar-refractivity contribution in [2.24, 2.45) is 11.1 Å². The summed E-state index contributed by atoms with van der Waals surface area (Å²) >= 11 is 0. The summed E-state index contributed by atoms with van der Waals surface area (Å²) in [5.41, 5.74) is 5.28. The number of hydrogen-bond donors (Lipinski definition) is 2. The Morgan fingerprint density at radius 2 is 1.92 bits per heavy atom. The summed E-state index contributed by atoms with van der Waals surface area (Å²) in [6.45, 7) is 6.33. The molecule has 0 saturated carbocycles. The lowest BCUT2D eigenvalue weighted by atomic mass is 9.95. The summed E-state index contributed by atoms with van der Waals surface area (Å²) in [7, 11) is -3.07. The molecule has 0 spiro atoms. The number of nitrogens with one attached hydrogen (secondary N) is 1. The molecule has 0 atom stereocenters. The average Bonchev–Trinajstić information content (AvgIpc) is 2.02. The maximum absolute atomic E-state index is 11.0. The minimum absolute atomic E-state index is 0.119. The molecule has 4 nitrogen and oxygen atoms in total. The molecule has 0 aliphatic carbocycles. The molecule has 0 aromatic carbocycles. The molecule has 0 fully saturated rings. The van der Waals surface area contributed by atoms with Gasteiger partial charge in [0, 0.05) is 6.54 Å². The van der Waals surface area contributed by atoms with Crippen LogP contribution in [0.15, 0.2) is 0 Å². The quantitative estimate of drug-likeness (QED) is 0.642. The van der Waals surface area contributed by atoms with E-state index in [9.17, 15) is 8.42 Å². The fourth-order valence-corrected chi connectivity index (χ4v) is 1.29. The molecule has 0 unspecified atom stereocenters. The lowest BCUT2D eigenvalue weighted by molar-refractivity contribution is 0.376. The monoisotopic (exact) mass is 194 g/mol. The van der Waals surface area contributed by atoms with E-state index in [0.29, 0.717) is 13.1 Å². The third-order valence-electron chi connectivity index (χ3n) is 1.70. The molecule has 0 aromatic rings. The van der Waals surface area contributed by atoms with E-state index in [0.717, 1.165) is 0 Å². The first-order valence-corrected chi connectivity index (χ1v) is 5.65. The molecule has 0 bridgehead atoms. The highest BCUT2D eigenvalue weighted by atomic mass is 32.2. The normalized spacial score (nSPS) is 13.3. The average molecular weight is 194 g/mol. The SMILES string of the molecule is CCS(=O)(=O)NCC(C)(C)CN. The maximum Gasteiger partial charge on any atom is 0.211 e. The Balaban J connectivity index is 4.00. The van der Waals surface area contributed by atoms with Crippen LogP contribution in [0, 0.1) is 5.41 Å². The highest BCUT2D eigenvalue weighted by Gasteiger charge is 2.18. The van der Waals surface area contributed by atoms with Gasteiger partial charge >= 0.3 is 0 Å². The Kier molecular flexibility index (Phi) is 4.16. The largest absolute Gasteiger partial charge is 0.330 e. The molecule has 5 heteroatoms. The van der Waals surface area contributed by atoms with Crippen LogP contribution in [0.5, 0.6) is 0 Å². The number of sulfonamides is 1. The summed E-state index contributed by atoms with van der Waals surface area (Å²) in [6.07, 6.45) is 0. The highest BCUT2D eigenvalue weighted by Crippen LogP contribution is 2.10. The second-order valence-electron chi connectivity index (χ2n) is 3.59. The van der Waals surface area contributed by atoms with Crippen molar-refractivity contribution in [3.05, 3.63) is 0 Å². The summed E-state index contributed by atoms with van der Waals surface area (Å²) in [5.74, 6) is 0.119. The van der Waals surface area contributed by atoms with Gasteiger partial charge in [-0.1, -0.05) is 13.8 Å². The van der Waals surface area contributed by atoms with Crippen molar-refractivity contribution in [2.75, 3.05) is 18.8 Å². The van der Waals surface area contributed by atoms with Crippen LogP contribution >= 0.6 is 0 Å². The zero-order chi connectivity index (χ0) is 9.83. The van der Waals surface area contributed by atoms with Crippen molar-refractivity contribution < 1.29 is 8.42 Å². The van der Waals surface area contributed by atoms with E-state index in [1.54, 1.807) is 6.92 Å². The fraction of sp³-hybridized carbons (Fsp3) is 1.00. The van der Waals surface area contributed by atoms with E-state index in [2.05, 4.69) is 4.72 Å².